The molecule has 1 unspecified atom stereocenters. The average Bonchev–Trinajstić information content (AvgIpc) is 2.93. The lowest BCUT2D eigenvalue weighted by molar-refractivity contribution is 0.214. The van der Waals surface area contributed by atoms with Crippen LogP contribution in [0.3, 0.4) is 0 Å². The van der Waals surface area contributed by atoms with Crippen molar-refractivity contribution in [2.45, 2.75) is 39.8 Å². The van der Waals surface area contributed by atoms with Crippen LogP contribution in [0.4, 0.5) is 4.39 Å². The quantitative estimate of drug-likeness (QED) is 0.259. The van der Waals surface area contributed by atoms with E-state index in [1.165, 1.54) is 11.8 Å². The minimum atomic E-state index is -0.356. The zero-order chi connectivity index (χ0) is 18.9. The van der Waals surface area contributed by atoms with Gasteiger partial charge in [-0.25, -0.2) is 4.39 Å². The molecule has 1 aromatic carbocycles. The van der Waals surface area contributed by atoms with Gasteiger partial charge >= 0.3 is 0 Å². The molecule has 0 radical (unpaired) electrons. The highest BCUT2D eigenvalue weighted by molar-refractivity contribution is 14.0. The smallest absolute Gasteiger partial charge is 0.191 e. The van der Waals surface area contributed by atoms with Crippen molar-refractivity contribution in [2.24, 2.45) is 4.99 Å². The van der Waals surface area contributed by atoms with Crippen LogP contribution >= 0.6 is 24.0 Å². The summed E-state index contributed by atoms with van der Waals surface area (Å²) in [4.78, 5) is 4.19. The van der Waals surface area contributed by atoms with Crippen LogP contribution in [0.15, 0.2) is 35.3 Å². The van der Waals surface area contributed by atoms with Gasteiger partial charge in [0.2, 0.25) is 0 Å². The fraction of sp³-hybridized carbons (Fsp3) is 0.474. The summed E-state index contributed by atoms with van der Waals surface area (Å²) in [5, 5.41) is 10.9. The Bertz CT molecular complexity index is 735. The molecule has 150 valence electrons. The second-order valence-corrected chi connectivity index (χ2v) is 6.24. The SMILES string of the molecule is CN=C(NCCCn1nc(C)cc1C)NCC(C)Oc1ccccc1F.I. The van der Waals surface area contributed by atoms with Crippen LogP contribution in [0.5, 0.6) is 5.75 Å². The first-order valence-electron chi connectivity index (χ1n) is 8.86. The van der Waals surface area contributed by atoms with Crippen LogP contribution in [0.2, 0.25) is 0 Å². The van der Waals surface area contributed by atoms with Gasteiger partial charge in [-0.05, 0) is 45.4 Å². The molecule has 0 spiro atoms. The molecular formula is C19H29FIN5O. The summed E-state index contributed by atoms with van der Waals surface area (Å²) in [7, 11) is 1.72. The third-order valence-electron chi connectivity index (χ3n) is 3.89. The van der Waals surface area contributed by atoms with Crippen molar-refractivity contribution in [3.8, 4) is 5.75 Å². The average molecular weight is 489 g/mol. The van der Waals surface area contributed by atoms with Crippen molar-refractivity contribution < 1.29 is 9.13 Å². The highest BCUT2D eigenvalue weighted by atomic mass is 127. The number of rotatable bonds is 8. The summed E-state index contributed by atoms with van der Waals surface area (Å²) in [6.07, 6.45) is 0.740. The molecule has 6 nitrogen and oxygen atoms in total. The molecule has 27 heavy (non-hydrogen) atoms. The number of ether oxygens (including phenoxy) is 1. The van der Waals surface area contributed by atoms with E-state index in [0.29, 0.717) is 12.5 Å². The molecule has 1 heterocycles. The lowest BCUT2D eigenvalue weighted by Crippen LogP contribution is -2.42. The maximum atomic E-state index is 13.6. The molecule has 1 atom stereocenters. The van der Waals surface area contributed by atoms with E-state index in [2.05, 4.69) is 33.7 Å². The number of hydrogen-bond donors (Lipinski definition) is 2. The Morgan fingerprint density at radius 2 is 2.04 bits per heavy atom. The van der Waals surface area contributed by atoms with Gasteiger partial charge in [-0.2, -0.15) is 5.10 Å². The molecule has 8 heteroatoms. The molecular weight excluding hydrogens is 460 g/mol. The molecule has 2 N–H and O–H groups in total. The Hall–Kier alpha value is -1.84. The Labute approximate surface area is 177 Å². The van der Waals surface area contributed by atoms with E-state index in [9.17, 15) is 4.39 Å². The van der Waals surface area contributed by atoms with Crippen molar-refractivity contribution in [1.29, 1.82) is 0 Å². The largest absolute Gasteiger partial charge is 0.486 e. The topological polar surface area (TPSA) is 63.5 Å². The van der Waals surface area contributed by atoms with Crippen LogP contribution in [0.1, 0.15) is 24.7 Å². The molecule has 0 aliphatic carbocycles. The third kappa shape index (κ3) is 7.74. The monoisotopic (exact) mass is 489 g/mol. The second kappa shape index (κ2) is 11.8. The predicted octanol–water partition coefficient (Wildman–Crippen LogP) is 3.28. The van der Waals surface area contributed by atoms with E-state index in [4.69, 9.17) is 4.74 Å². The molecule has 2 aromatic rings. The fourth-order valence-corrected chi connectivity index (χ4v) is 2.60. The molecule has 2 rings (SSSR count). The van der Waals surface area contributed by atoms with Gasteiger partial charge in [0.1, 0.15) is 6.10 Å². The first-order valence-corrected chi connectivity index (χ1v) is 8.86. The van der Waals surface area contributed by atoms with Crippen LogP contribution in [-0.2, 0) is 6.54 Å². The first kappa shape index (κ1) is 23.2. The molecule has 0 aliphatic rings. The first-order chi connectivity index (χ1) is 12.5. The van der Waals surface area contributed by atoms with Crippen LogP contribution in [-0.4, -0.2) is 42.0 Å². The fourth-order valence-electron chi connectivity index (χ4n) is 2.60. The van der Waals surface area contributed by atoms with Gasteiger partial charge in [0.05, 0.1) is 12.2 Å². The van der Waals surface area contributed by atoms with E-state index in [1.807, 2.05) is 18.5 Å². The Kier molecular flexibility index (Phi) is 10.1. The number of aryl methyl sites for hydroxylation is 3. The summed E-state index contributed by atoms with van der Waals surface area (Å²) in [6, 6.07) is 8.48. The van der Waals surface area contributed by atoms with Gasteiger partial charge in [-0.1, -0.05) is 12.1 Å². The molecule has 0 amide bonds. The van der Waals surface area contributed by atoms with Gasteiger partial charge < -0.3 is 15.4 Å². The highest BCUT2D eigenvalue weighted by Crippen LogP contribution is 2.16. The van der Waals surface area contributed by atoms with E-state index in [0.717, 1.165) is 25.2 Å². The Balaban J connectivity index is 0.00000364. The summed E-state index contributed by atoms with van der Waals surface area (Å²) in [5.41, 5.74) is 2.21. The van der Waals surface area contributed by atoms with Gasteiger partial charge in [0, 0.05) is 25.8 Å². The van der Waals surface area contributed by atoms with Gasteiger partial charge in [-0.15, -0.1) is 24.0 Å². The number of benzene rings is 1. The van der Waals surface area contributed by atoms with E-state index >= 15 is 0 Å². The van der Waals surface area contributed by atoms with Crippen molar-refractivity contribution in [3.63, 3.8) is 0 Å². The van der Waals surface area contributed by atoms with Crippen molar-refractivity contribution in [2.75, 3.05) is 20.1 Å². The molecule has 0 aliphatic heterocycles. The van der Waals surface area contributed by atoms with Crippen LogP contribution < -0.4 is 15.4 Å². The van der Waals surface area contributed by atoms with Crippen molar-refractivity contribution >= 4 is 29.9 Å². The number of aliphatic imine (C=N–C) groups is 1. The molecule has 0 saturated heterocycles. The van der Waals surface area contributed by atoms with Crippen LogP contribution in [0.25, 0.3) is 0 Å². The molecule has 0 saturated carbocycles. The maximum absolute atomic E-state index is 13.6. The number of hydrogen-bond acceptors (Lipinski definition) is 3. The minimum absolute atomic E-state index is 0. The lowest BCUT2D eigenvalue weighted by Gasteiger charge is -2.18. The molecule has 0 fully saturated rings. The van der Waals surface area contributed by atoms with E-state index in [1.54, 1.807) is 25.2 Å². The number of para-hydroxylation sites is 1. The standard InChI is InChI=1S/C19H28FN5O.HI/c1-14-12-15(2)25(24-14)11-7-10-22-19(21-4)23-13-16(3)26-18-9-6-5-8-17(18)20;/h5-6,8-9,12,16H,7,10-11,13H2,1-4H3,(H2,21,22,23);1H. The van der Waals surface area contributed by atoms with Gasteiger partial charge in [-0.3, -0.25) is 9.67 Å². The summed E-state index contributed by atoms with van der Waals surface area (Å²) < 4.78 is 21.2. The highest BCUT2D eigenvalue weighted by Gasteiger charge is 2.09. The number of nitrogens with one attached hydrogen (secondary N) is 2. The van der Waals surface area contributed by atoms with Gasteiger partial charge in [0.25, 0.3) is 0 Å². The third-order valence-corrected chi connectivity index (χ3v) is 3.89. The van der Waals surface area contributed by atoms with Gasteiger partial charge in [0.15, 0.2) is 17.5 Å². The summed E-state index contributed by atoms with van der Waals surface area (Å²) in [6.45, 7) is 8.10. The van der Waals surface area contributed by atoms with Crippen molar-refractivity contribution in [1.82, 2.24) is 20.4 Å². The zero-order valence-corrected chi connectivity index (χ0v) is 18.7. The lowest BCUT2D eigenvalue weighted by atomic mass is 10.3. The van der Waals surface area contributed by atoms with E-state index in [-0.39, 0.29) is 41.6 Å². The number of aromatic nitrogens is 2. The zero-order valence-electron chi connectivity index (χ0n) is 16.3. The molecule has 0 bridgehead atoms. The Morgan fingerprint density at radius 3 is 2.67 bits per heavy atom. The summed E-state index contributed by atoms with van der Waals surface area (Å²) >= 11 is 0. The predicted molar refractivity (Wildman–Crippen MR) is 118 cm³/mol. The van der Waals surface area contributed by atoms with Crippen LogP contribution in [0, 0.1) is 19.7 Å². The maximum Gasteiger partial charge on any atom is 0.191 e. The number of nitrogens with zero attached hydrogens (tertiary/aromatic N) is 3. The van der Waals surface area contributed by atoms with Crippen molar-refractivity contribution in [3.05, 3.63) is 47.5 Å². The second-order valence-electron chi connectivity index (χ2n) is 6.24. The van der Waals surface area contributed by atoms with E-state index < -0.39 is 0 Å². The number of halogens is 2. The Morgan fingerprint density at radius 1 is 1.30 bits per heavy atom. The summed E-state index contributed by atoms with van der Waals surface area (Å²) in [5.74, 6) is 0.600. The normalized spacial score (nSPS) is 12.3. The molecule has 1 aromatic heterocycles. The minimum Gasteiger partial charge on any atom is -0.486 e. The number of guanidine groups is 1.